The molecule has 17 nitrogen and oxygen atoms in total. The summed E-state index contributed by atoms with van der Waals surface area (Å²) in [4.78, 5) is 0. The lowest BCUT2D eigenvalue weighted by atomic mass is 10.0. The smallest absolute Gasteiger partial charge is 0.211 e. The summed E-state index contributed by atoms with van der Waals surface area (Å²) in [6.07, 6.45) is -5.95. The molecule has 3 fully saturated rings. The van der Waals surface area contributed by atoms with Crippen LogP contribution in [0.4, 0.5) is 0 Å². The van der Waals surface area contributed by atoms with E-state index in [0.717, 1.165) is 0 Å². The van der Waals surface area contributed by atoms with Crippen molar-refractivity contribution < 1.29 is 54.3 Å². The summed E-state index contributed by atoms with van der Waals surface area (Å²) in [6.45, 7) is -0.221. The van der Waals surface area contributed by atoms with Crippen molar-refractivity contribution in [2.45, 2.75) is 92.3 Å². The average molecular weight is 660 g/mol. The van der Waals surface area contributed by atoms with Gasteiger partial charge in [0.25, 0.3) is 0 Å². The van der Waals surface area contributed by atoms with Crippen LogP contribution in [0.25, 0.3) is 0 Å². The zero-order chi connectivity index (χ0) is 31.3. The lowest BCUT2D eigenvalue weighted by molar-refractivity contribution is -0.335. The minimum absolute atomic E-state index is 0.00412. The van der Waals surface area contributed by atoms with Crippen LogP contribution < -0.4 is 11.6 Å². The number of hydrazine groups is 1. The number of hydrogen-bond donors (Lipinski definition) is 8. The van der Waals surface area contributed by atoms with Crippen LogP contribution in [0.5, 0.6) is 0 Å². The maximum absolute atomic E-state index is 10.7. The number of nitrogens with two attached hydrogens (primary N) is 2. The molecule has 4 rings (SSSR count). The van der Waals surface area contributed by atoms with E-state index in [0.29, 0.717) is 5.69 Å². The Bertz CT molecular complexity index is 1060. The molecule has 43 heavy (non-hydrogen) atoms. The molecule has 3 aliphatic heterocycles. The van der Waals surface area contributed by atoms with Crippen LogP contribution in [0, 0.1) is 0 Å². The van der Waals surface area contributed by atoms with Gasteiger partial charge in [0.2, 0.25) is 5.79 Å². The first-order chi connectivity index (χ1) is 20.4. The number of aliphatic hydroxyl groups excluding tert-OH is 6. The molecule has 10 N–H and O–H groups in total. The molecule has 0 radical (unpaired) electrons. The van der Waals surface area contributed by atoms with Gasteiger partial charge < -0.3 is 65.1 Å². The molecule has 0 bridgehead atoms. The Morgan fingerprint density at radius 2 is 1.95 bits per heavy atom. The fraction of sp³-hybridized carbons (Fsp3) is 0.833. The Kier molecular flexibility index (Phi) is 12.2. The van der Waals surface area contributed by atoms with Crippen molar-refractivity contribution in [2.24, 2.45) is 11.6 Å². The maximum atomic E-state index is 10.7. The summed E-state index contributed by atoms with van der Waals surface area (Å²) in [5.41, 5.74) is 6.81. The minimum atomic E-state index is -1.63. The van der Waals surface area contributed by atoms with Crippen molar-refractivity contribution in [3.05, 3.63) is 23.8 Å². The lowest BCUT2D eigenvalue weighted by Crippen LogP contribution is -2.54. The van der Waals surface area contributed by atoms with Crippen LogP contribution in [0.1, 0.15) is 18.5 Å². The summed E-state index contributed by atoms with van der Waals surface area (Å²) in [7, 11) is 0. The van der Waals surface area contributed by atoms with Gasteiger partial charge in [0, 0.05) is 19.0 Å². The quantitative estimate of drug-likeness (QED) is 0.0579. The zero-order valence-electron chi connectivity index (χ0n) is 23.2. The minimum Gasteiger partial charge on any atom is -0.399 e. The van der Waals surface area contributed by atoms with Gasteiger partial charge in [-0.25, -0.2) is 10.5 Å². The summed E-state index contributed by atoms with van der Waals surface area (Å²) < 4.78 is 29.8. The molecule has 11 atom stereocenters. The SMILES string of the molecule is N/C(=C\N(N)C[C@@H]1C[C@H](O)[C@](CCl)(OC2C[C@@H](O)[C@@H](Cl)[C@@H](CO)O2)O1)COCc1cn(C[C@H]2OC[C@@H](O)[C@@H](O)[C@@H]2O)nn1. The highest BCUT2D eigenvalue weighted by atomic mass is 35.5. The van der Waals surface area contributed by atoms with Crippen molar-refractivity contribution in [2.75, 3.05) is 32.2 Å². The van der Waals surface area contributed by atoms with Crippen LogP contribution in [0.3, 0.4) is 0 Å². The maximum Gasteiger partial charge on any atom is 0.211 e. The third-order valence-electron chi connectivity index (χ3n) is 7.36. The number of rotatable bonds is 13. The Hall–Kier alpha value is -1.42. The molecule has 0 spiro atoms. The Labute approximate surface area is 257 Å². The first kappa shape index (κ1) is 34.5. The van der Waals surface area contributed by atoms with Crippen molar-refractivity contribution in [3.63, 3.8) is 0 Å². The van der Waals surface area contributed by atoms with E-state index in [9.17, 15) is 30.6 Å². The second-order valence-electron chi connectivity index (χ2n) is 10.8. The summed E-state index contributed by atoms with van der Waals surface area (Å²) in [5, 5.41) is 68.3. The summed E-state index contributed by atoms with van der Waals surface area (Å²) >= 11 is 12.2. The Balaban J connectivity index is 1.21. The van der Waals surface area contributed by atoms with Gasteiger partial charge in [0.05, 0.1) is 74.9 Å². The van der Waals surface area contributed by atoms with Crippen molar-refractivity contribution in [3.8, 4) is 0 Å². The summed E-state index contributed by atoms with van der Waals surface area (Å²) in [5.74, 6) is 4.21. The molecular weight excluding hydrogens is 619 g/mol. The van der Waals surface area contributed by atoms with E-state index < -0.39 is 72.9 Å². The fourth-order valence-electron chi connectivity index (χ4n) is 5.07. The van der Waals surface area contributed by atoms with Gasteiger partial charge in [0.15, 0.2) is 6.29 Å². The van der Waals surface area contributed by atoms with Gasteiger partial charge in [-0.2, -0.15) is 0 Å². The van der Waals surface area contributed by atoms with Gasteiger partial charge in [-0.1, -0.05) is 5.21 Å². The topological polar surface area (TPSA) is 254 Å². The second kappa shape index (κ2) is 15.2. The molecule has 246 valence electrons. The van der Waals surface area contributed by atoms with Gasteiger partial charge in [-0.3, -0.25) is 0 Å². The van der Waals surface area contributed by atoms with Crippen molar-refractivity contribution in [1.29, 1.82) is 0 Å². The average Bonchev–Trinajstić information content (AvgIpc) is 3.53. The normalized spacial score (nSPS) is 38.9. The van der Waals surface area contributed by atoms with Crippen LogP contribution in [0.2, 0.25) is 0 Å². The van der Waals surface area contributed by atoms with Crippen molar-refractivity contribution in [1.82, 2.24) is 20.0 Å². The first-order valence-electron chi connectivity index (χ1n) is 13.7. The van der Waals surface area contributed by atoms with Gasteiger partial charge in [0.1, 0.15) is 42.3 Å². The molecule has 3 aliphatic rings. The number of hydrogen-bond acceptors (Lipinski definition) is 16. The van der Waals surface area contributed by atoms with Crippen LogP contribution in [-0.4, -0.2) is 149 Å². The predicted molar refractivity (Wildman–Crippen MR) is 147 cm³/mol. The third-order valence-corrected chi connectivity index (χ3v) is 8.31. The third kappa shape index (κ3) is 8.65. The molecule has 3 saturated heterocycles. The highest BCUT2D eigenvalue weighted by molar-refractivity contribution is 6.21. The van der Waals surface area contributed by atoms with E-state index in [2.05, 4.69) is 10.3 Å². The van der Waals surface area contributed by atoms with E-state index in [1.807, 2.05) is 0 Å². The van der Waals surface area contributed by atoms with E-state index in [4.69, 9.17) is 58.5 Å². The predicted octanol–water partition coefficient (Wildman–Crippen LogP) is -3.57. The molecule has 0 amide bonds. The largest absolute Gasteiger partial charge is 0.399 e. The van der Waals surface area contributed by atoms with Crippen molar-refractivity contribution >= 4 is 23.2 Å². The molecule has 0 aliphatic carbocycles. The number of aromatic nitrogens is 3. The Morgan fingerprint density at radius 3 is 2.67 bits per heavy atom. The van der Waals surface area contributed by atoms with E-state index in [1.54, 1.807) is 6.20 Å². The van der Waals surface area contributed by atoms with E-state index in [1.165, 1.54) is 15.9 Å². The molecular formula is C24H40Cl2N6O11. The number of alkyl halides is 2. The molecule has 4 heterocycles. The standard InChI is InChI=1S/C24H40Cl2N6O11/c25-11-24(43-20-2-15(34)21(26)18(7-33)41-20)19(36)1-14(42-24)5-31(28)3-12(27)8-39-9-13-4-32(30-29-13)6-17-23(38)22(37)16(35)10-40-17/h3-4,14-23,33-38H,1-2,5-11,27-28H2/b12-3-/t14-,15+,16+,17+,18+,19-,20?,21+,22+,23+,24-/m0/s1. The monoisotopic (exact) mass is 658 g/mol. The molecule has 1 aromatic heterocycles. The van der Waals surface area contributed by atoms with Crippen LogP contribution in [0.15, 0.2) is 18.1 Å². The van der Waals surface area contributed by atoms with E-state index >= 15 is 0 Å². The fourth-order valence-corrected chi connectivity index (χ4v) is 5.61. The summed E-state index contributed by atoms with van der Waals surface area (Å²) in [6, 6.07) is 0. The second-order valence-corrected chi connectivity index (χ2v) is 11.6. The van der Waals surface area contributed by atoms with Gasteiger partial charge in [-0.15, -0.1) is 28.3 Å². The number of ether oxygens (including phenoxy) is 5. The Morgan fingerprint density at radius 1 is 1.19 bits per heavy atom. The van der Waals surface area contributed by atoms with Gasteiger partial charge >= 0.3 is 0 Å². The molecule has 0 aromatic carbocycles. The molecule has 1 unspecified atom stereocenters. The van der Waals surface area contributed by atoms with Crippen LogP contribution >= 0.6 is 23.2 Å². The number of nitrogens with zero attached hydrogens (tertiary/aromatic N) is 4. The highest BCUT2D eigenvalue weighted by Gasteiger charge is 2.52. The molecule has 19 heteroatoms. The lowest BCUT2D eigenvalue weighted by Gasteiger charge is -2.40. The molecule has 0 saturated carbocycles. The first-order valence-corrected chi connectivity index (χ1v) is 14.7. The zero-order valence-corrected chi connectivity index (χ0v) is 24.7. The van der Waals surface area contributed by atoms with Gasteiger partial charge in [-0.05, 0) is 0 Å². The molecule has 1 aromatic rings. The number of aliphatic hydroxyl groups is 6. The van der Waals surface area contributed by atoms with E-state index in [-0.39, 0.29) is 57.3 Å². The number of halogens is 2. The highest BCUT2D eigenvalue weighted by Crippen LogP contribution is 2.37. The van der Waals surface area contributed by atoms with Crippen LogP contribution in [-0.2, 0) is 36.8 Å².